The van der Waals surface area contributed by atoms with Gasteiger partial charge in [0.2, 0.25) is 0 Å². The molecule has 7 heteroatoms. The summed E-state index contributed by atoms with van der Waals surface area (Å²) in [6, 6.07) is 15.3. The fourth-order valence-electron chi connectivity index (χ4n) is 3.00. The van der Waals surface area contributed by atoms with E-state index in [1.807, 2.05) is 13.0 Å². The number of nitrogens with zero attached hydrogens (tertiary/aromatic N) is 3. The molecule has 7 nitrogen and oxygen atoms in total. The first kappa shape index (κ1) is 18.4. The number of carbonyl (C=O) groups is 2. The number of nitrogens with one attached hydrogen (secondary N) is 1. The molecule has 0 fully saturated rings. The Hall–Kier alpha value is -4.00. The molecular weight excluding hydrogens is 368 g/mol. The molecule has 29 heavy (non-hydrogen) atoms. The average Bonchev–Trinajstić information content (AvgIpc) is 3.04. The van der Waals surface area contributed by atoms with Crippen molar-refractivity contribution in [2.45, 2.75) is 13.8 Å². The van der Waals surface area contributed by atoms with Crippen molar-refractivity contribution in [2.24, 2.45) is 0 Å². The number of fused-ring (bicyclic) bond motifs is 1. The summed E-state index contributed by atoms with van der Waals surface area (Å²) in [4.78, 5) is 32.3. The lowest BCUT2D eigenvalue weighted by Crippen LogP contribution is -2.12. The van der Waals surface area contributed by atoms with Crippen molar-refractivity contribution in [2.75, 3.05) is 5.32 Å². The minimum Gasteiger partial charge on any atom is -0.426 e. The van der Waals surface area contributed by atoms with Crippen molar-refractivity contribution in [3.8, 4) is 11.4 Å². The molecule has 0 saturated heterocycles. The van der Waals surface area contributed by atoms with Gasteiger partial charge < -0.3 is 10.5 Å². The van der Waals surface area contributed by atoms with Crippen LogP contribution >= 0.6 is 0 Å². The van der Waals surface area contributed by atoms with Crippen molar-refractivity contribution in [1.82, 2.24) is 14.7 Å². The molecule has 2 aromatic heterocycles. The quantitative estimate of drug-likeness (QED) is 0.400. The van der Waals surface area contributed by atoms with E-state index in [2.05, 4.69) is 15.3 Å². The van der Waals surface area contributed by atoms with Gasteiger partial charge in [-0.05, 0) is 61.9 Å². The van der Waals surface area contributed by atoms with E-state index in [0.717, 1.165) is 10.3 Å². The molecule has 0 aliphatic rings. The predicted molar refractivity (Wildman–Crippen MR) is 111 cm³/mol. The highest BCUT2D eigenvalue weighted by molar-refractivity contribution is 6.05. The van der Waals surface area contributed by atoms with Gasteiger partial charge in [0.1, 0.15) is 5.52 Å². The van der Waals surface area contributed by atoms with Crippen LogP contribution in [0.15, 0.2) is 60.8 Å². The molecule has 0 aliphatic heterocycles. The summed E-state index contributed by atoms with van der Waals surface area (Å²) in [5.74, 6) is 0.0468. The maximum absolute atomic E-state index is 12.4. The number of imidazole rings is 1. The zero-order chi connectivity index (χ0) is 20.5. The zero-order valence-corrected chi connectivity index (χ0v) is 15.9. The third-order valence-electron chi connectivity index (χ3n) is 4.58. The van der Waals surface area contributed by atoms with Crippen LogP contribution in [0.25, 0.3) is 22.6 Å². The third-order valence-corrected chi connectivity index (χ3v) is 4.58. The summed E-state index contributed by atoms with van der Waals surface area (Å²) in [7, 11) is 0. The topological polar surface area (TPSA) is 97.1 Å². The van der Waals surface area contributed by atoms with Gasteiger partial charge in [-0.3, -0.25) is 9.59 Å². The molecule has 0 unspecified atom stereocenters. The van der Waals surface area contributed by atoms with Gasteiger partial charge in [-0.25, -0.2) is 9.97 Å². The minimum absolute atomic E-state index is 0. The molecule has 0 bridgehead atoms. The first-order valence-electron chi connectivity index (χ1n) is 8.99. The second kappa shape index (κ2) is 7.20. The van der Waals surface area contributed by atoms with Crippen LogP contribution < -0.4 is 5.32 Å². The van der Waals surface area contributed by atoms with E-state index in [4.69, 9.17) is 0 Å². The lowest BCUT2D eigenvalue weighted by Gasteiger charge is -2.07. The average molecular weight is 388 g/mol. The molecule has 4 aromatic rings. The molecule has 0 aliphatic carbocycles. The van der Waals surface area contributed by atoms with E-state index in [1.54, 1.807) is 54.7 Å². The first-order valence-corrected chi connectivity index (χ1v) is 8.99. The maximum atomic E-state index is 12.4. The summed E-state index contributed by atoms with van der Waals surface area (Å²) >= 11 is 0. The summed E-state index contributed by atoms with van der Waals surface area (Å²) in [5.41, 5.74) is 4.22. The maximum Gasteiger partial charge on any atom is 0.255 e. The normalized spacial score (nSPS) is 10.8. The molecule has 1 amide bonds. The fraction of sp³-hybridized carbons (Fsp3) is 0.0909. The molecule has 0 radical (unpaired) electrons. The molecule has 146 valence electrons. The van der Waals surface area contributed by atoms with Gasteiger partial charge >= 0.3 is 0 Å². The van der Waals surface area contributed by atoms with Gasteiger partial charge in [-0.2, -0.15) is 4.73 Å². The predicted octanol–water partition coefficient (Wildman–Crippen LogP) is 4.34. The van der Waals surface area contributed by atoms with E-state index >= 15 is 0 Å². The van der Waals surface area contributed by atoms with Gasteiger partial charge in [0.05, 0.1) is 0 Å². The van der Waals surface area contributed by atoms with Gasteiger partial charge in [0, 0.05) is 30.0 Å². The van der Waals surface area contributed by atoms with Crippen LogP contribution in [0, 0.1) is 6.92 Å². The first-order chi connectivity index (χ1) is 13.9. The number of pyridine rings is 1. The molecule has 0 atom stereocenters. The Labute approximate surface area is 168 Å². The number of aryl methyl sites for hydroxylation is 1. The lowest BCUT2D eigenvalue weighted by atomic mass is 10.1. The van der Waals surface area contributed by atoms with Crippen LogP contribution in [-0.2, 0) is 0 Å². The summed E-state index contributed by atoms with van der Waals surface area (Å²) in [5, 5.41) is 13.2. The number of hydrogen-bond acceptors (Lipinski definition) is 5. The fourth-order valence-corrected chi connectivity index (χ4v) is 3.00. The molecule has 2 heterocycles. The lowest BCUT2D eigenvalue weighted by molar-refractivity contribution is 0.101. The van der Waals surface area contributed by atoms with Crippen LogP contribution in [0.1, 0.15) is 34.6 Å². The highest BCUT2D eigenvalue weighted by Gasteiger charge is 2.14. The number of hydrogen-bond donors (Lipinski definition) is 2. The van der Waals surface area contributed by atoms with Gasteiger partial charge in [0.15, 0.2) is 17.3 Å². The molecular formula is C22H20N4O3. The van der Waals surface area contributed by atoms with Crippen LogP contribution in [0.4, 0.5) is 5.69 Å². The number of ketones is 1. The van der Waals surface area contributed by atoms with Gasteiger partial charge in [-0.15, -0.1) is 0 Å². The van der Waals surface area contributed by atoms with E-state index < -0.39 is 0 Å². The summed E-state index contributed by atoms with van der Waals surface area (Å²) < 4.78 is 1.01. The number of carbonyl (C=O) groups excluding carboxylic acids is 2. The second-order valence-corrected chi connectivity index (χ2v) is 6.77. The zero-order valence-electron chi connectivity index (χ0n) is 15.9. The number of aromatic nitrogens is 3. The monoisotopic (exact) mass is 388 g/mol. The van der Waals surface area contributed by atoms with Crippen molar-refractivity contribution in [1.29, 1.82) is 0 Å². The second-order valence-electron chi connectivity index (χ2n) is 6.77. The van der Waals surface area contributed by atoms with Crippen LogP contribution in [-0.4, -0.2) is 31.6 Å². The smallest absolute Gasteiger partial charge is 0.255 e. The van der Waals surface area contributed by atoms with Crippen molar-refractivity contribution >= 4 is 28.5 Å². The van der Waals surface area contributed by atoms with Crippen molar-refractivity contribution < 1.29 is 16.2 Å². The van der Waals surface area contributed by atoms with E-state index in [0.29, 0.717) is 39.4 Å². The summed E-state index contributed by atoms with van der Waals surface area (Å²) in [6.45, 7) is 3.37. The Morgan fingerprint density at radius 1 is 1.03 bits per heavy atom. The van der Waals surface area contributed by atoms with Crippen molar-refractivity contribution in [3.63, 3.8) is 0 Å². The Morgan fingerprint density at radius 2 is 1.69 bits per heavy atom. The van der Waals surface area contributed by atoms with Crippen LogP contribution in [0.5, 0.6) is 0 Å². The molecule has 0 spiro atoms. The third kappa shape index (κ3) is 3.58. The molecule has 2 aromatic carbocycles. The van der Waals surface area contributed by atoms with Gasteiger partial charge in [0.25, 0.3) is 5.91 Å². The number of rotatable bonds is 4. The van der Waals surface area contributed by atoms with Gasteiger partial charge in [-0.1, -0.05) is 12.1 Å². The number of Topliss-reactive ketones (excluding diaryl/α,β-unsaturated/α-hetero) is 1. The van der Waals surface area contributed by atoms with E-state index in [-0.39, 0.29) is 13.1 Å². The number of anilines is 1. The Bertz CT molecular complexity index is 1230. The van der Waals surface area contributed by atoms with Crippen LogP contribution in [0.3, 0.4) is 0 Å². The Morgan fingerprint density at radius 3 is 2.34 bits per heavy atom. The number of amides is 1. The Balaban J connectivity index is 0.00000256. The molecule has 4 rings (SSSR count). The van der Waals surface area contributed by atoms with Crippen molar-refractivity contribution in [3.05, 3.63) is 77.5 Å². The largest absolute Gasteiger partial charge is 0.426 e. The standard InChI is InChI=1S/C22H18N4O3.H2/c1-13-11-19-20(23-12-13)25-21(26(19)29)16-7-9-18(10-8-16)24-22(28)17-5-3-15(4-6-17)14(2)27;/h3-12,29H,1-2H3,(H,24,28);1H. The number of benzene rings is 2. The molecule has 2 N–H and O–H groups in total. The van der Waals surface area contributed by atoms with Crippen LogP contribution in [0.2, 0.25) is 0 Å². The Kier molecular flexibility index (Phi) is 4.56. The SMILES string of the molecule is CC(=O)c1ccc(C(=O)Nc2ccc(-c3nc4ncc(C)cc4n3O)cc2)cc1.[HH]. The highest BCUT2D eigenvalue weighted by atomic mass is 16.5. The van der Waals surface area contributed by atoms with E-state index in [9.17, 15) is 14.8 Å². The van der Waals surface area contributed by atoms with E-state index in [1.165, 1.54) is 6.92 Å². The highest BCUT2D eigenvalue weighted by Crippen LogP contribution is 2.24. The summed E-state index contributed by atoms with van der Waals surface area (Å²) in [6.07, 6.45) is 1.70. The minimum atomic E-state index is -0.276. The molecule has 0 saturated carbocycles.